The highest BCUT2D eigenvalue weighted by Crippen LogP contribution is 2.33. The van der Waals surface area contributed by atoms with E-state index in [4.69, 9.17) is 9.84 Å². The average Bonchev–Trinajstić information content (AvgIpc) is 2.90. The number of likely N-dealkylation sites (tertiary alicyclic amines) is 1. The van der Waals surface area contributed by atoms with Crippen LogP contribution in [0.15, 0.2) is 24.5 Å². The molecule has 3 heterocycles. The van der Waals surface area contributed by atoms with Gasteiger partial charge in [-0.2, -0.15) is 0 Å². The molecule has 0 aliphatic carbocycles. The number of rotatable bonds is 6. The van der Waals surface area contributed by atoms with Crippen LogP contribution in [0.1, 0.15) is 18.4 Å². The van der Waals surface area contributed by atoms with Gasteiger partial charge in [0.25, 0.3) is 0 Å². The fourth-order valence-electron chi connectivity index (χ4n) is 3.59. The molecule has 2 saturated heterocycles. The second-order valence-corrected chi connectivity index (χ2v) is 7.22. The van der Waals surface area contributed by atoms with Gasteiger partial charge in [-0.1, -0.05) is 6.07 Å². The lowest BCUT2D eigenvalue weighted by Gasteiger charge is -2.37. The van der Waals surface area contributed by atoms with E-state index >= 15 is 0 Å². The van der Waals surface area contributed by atoms with Crippen LogP contribution in [-0.4, -0.2) is 88.1 Å². The number of carboxylic acid groups (broad SMARTS) is 1. The Kier molecular flexibility index (Phi) is 5.59. The second-order valence-electron chi connectivity index (χ2n) is 7.22. The van der Waals surface area contributed by atoms with Crippen molar-refractivity contribution in [2.75, 3.05) is 39.8 Å². The molecule has 1 aromatic heterocycles. The monoisotopic (exact) mass is 376 g/mol. The zero-order valence-corrected chi connectivity index (χ0v) is 15.3. The van der Waals surface area contributed by atoms with Crippen molar-refractivity contribution in [1.82, 2.24) is 19.7 Å². The van der Waals surface area contributed by atoms with Crippen molar-refractivity contribution in [3.8, 4) is 0 Å². The average molecular weight is 376 g/mol. The molecule has 0 radical (unpaired) electrons. The molecule has 27 heavy (non-hydrogen) atoms. The number of aromatic nitrogens is 1. The number of carbonyl (C=O) groups is 3. The van der Waals surface area contributed by atoms with Crippen LogP contribution in [-0.2, 0) is 20.9 Å². The minimum atomic E-state index is -1.06. The first-order valence-electron chi connectivity index (χ1n) is 8.92. The lowest BCUT2D eigenvalue weighted by Crippen LogP contribution is -2.50. The number of amides is 2. The minimum absolute atomic E-state index is 0.0305. The van der Waals surface area contributed by atoms with Crippen molar-refractivity contribution < 1.29 is 24.2 Å². The zero-order valence-electron chi connectivity index (χ0n) is 15.3. The Hall–Kier alpha value is -2.68. The Balaban J connectivity index is 1.48. The van der Waals surface area contributed by atoms with Gasteiger partial charge < -0.3 is 14.7 Å². The topological polar surface area (TPSA) is 103 Å². The van der Waals surface area contributed by atoms with Gasteiger partial charge >= 0.3 is 12.1 Å². The summed E-state index contributed by atoms with van der Waals surface area (Å²) < 4.78 is 5.46. The molecule has 2 aliphatic rings. The molecule has 0 saturated carbocycles. The summed E-state index contributed by atoms with van der Waals surface area (Å²) in [5.74, 6) is -1.03. The van der Waals surface area contributed by atoms with E-state index in [0.717, 1.165) is 5.56 Å². The van der Waals surface area contributed by atoms with Crippen molar-refractivity contribution in [2.45, 2.75) is 25.0 Å². The van der Waals surface area contributed by atoms with Gasteiger partial charge in [0.15, 0.2) is 0 Å². The number of hydrogen-bond donors (Lipinski definition) is 1. The maximum Gasteiger partial charge on any atom is 0.411 e. The number of piperidine rings is 1. The molecule has 1 N–H and O–H groups in total. The van der Waals surface area contributed by atoms with Gasteiger partial charge in [0.2, 0.25) is 5.91 Å². The van der Waals surface area contributed by atoms with Gasteiger partial charge in [-0.15, -0.1) is 0 Å². The molecule has 2 fully saturated rings. The molecule has 146 valence electrons. The maximum atomic E-state index is 12.5. The van der Waals surface area contributed by atoms with Gasteiger partial charge in [0.05, 0.1) is 13.1 Å². The van der Waals surface area contributed by atoms with Gasteiger partial charge in [-0.25, -0.2) is 4.79 Å². The van der Waals surface area contributed by atoms with E-state index in [-0.39, 0.29) is 19.0 Å². The minimum Gasteiger partial charge on any atom is -0.480 e. The molecular weight excluding hydrogens is 352 g/mol. The van der Waals surface area contributed by atoms with Crippen molar-refractivity contribution in [3.63, 3.8) is 0 Å². The van der Waals surface area contributed by atoms with E-state index in [2.05, 4.69) is 4.98 Å². The molecule has 9 heteroatoms. The molecule has 0 atom stereocenters. The zero-order chi connectivity index (χ0) is 19.4. The number of nitrogens with zero attached hydrogens (tertiary/aromatic N) is 4. The number of hydrogen-bond acceptors (Lipinski definition) is 6. The lowest BCUT2D eigenvalue weighted by molar-refractivity contribution is -0.137. The van der Waals surface area contributed by atoms with Crippen molar-refractivity contribution in [2.24, 2.45) is 0 Å². The first kappa shape index (κ1) is 19.1. The largest absolute Gasteiger partial charge is 0.480 e. The standard InChI is InChI=1S/C18H24N4O5/c1-20(10-14-3-2-6-19-9-14)11-15(23)21-7-4-18(5-8-21)13-22(12-16(24)25)17(26)27-18/h2-3,6,9H,4-5,7-8,10-13H2,1H3,(H,24,25). The van der Waals surface area contributed by atoms with Gasteiger partial charge in [-0.05, 0) is 18.7 Å². The molecule has 2 aliphatic heterocycles. The van der Waals surface area contributed by atoms with E-state index in [9.17, 15) is 14.4 Å². The van der Waals surface area contributed by atoms with Crippen LogP contribution in [0.25, 0.3) is 0 Å². The van der Waals surface area contributed by atoms with Gasteiger partial charge in [0.1, 0.15) is 12.1 Å². The predicted molar refractivity (Wildman–Crippen MR) is 94.8 cm³/mol. The molecule has 0 aromatic carbocycles. The summed E-state index contributed by atoms with van der Waals surface area (Å²) in [7, 11) is 1.89. The third-order valence-corrected chi connectivity index (χ3v) is 4.97. The van der Waals surface area contributed by atoms with Crippen LogP contribution in [0, 0.1) is 0 Å². The fraction of sp³-hybridized carbons (Fsp3) is 0.556. The smallest absolute Gasteiger partial charge is 0.411 e. The quantitative estimate of drug-likeness (QED) is 0.767. The van der Waals surface area contributed by atoms with Gasteiger partial charge in [0, 0.05) is 44.9 Å². The number of aliphatic carboxylic acids is 1. The normalized spacial score (nSPS) is 18.8. The van der Waals surface area contributed by atoms with E-state index in [1.807, 2.05) is 24.1 Å². The molecule has 1 spiro atoms. The molecule has 1 aromatic rings. The summed E-state index contributed by atoms with van der Waals surface area (Å²) in [5, 5.41) is 8.87. The summed E-state index contributed by atoms with van der Waals surface area (Å²) in [6, 6.07) is 3.83. The number of likely N-dealkylation sites (N-methyl/N-ethyl adjacent to an activating group) is 1. The number of carbonyl (C=O) groups excluding carboxylic acids is 2. The summed E-state index contributed by atoms with van der Waals surface area (Å²) >= 11 is 0. The Labute approximate surface area is 157 Å². The molecule has 3 rings (SSSR count). The summed E-state index contributed by atoms with van der Waals surface area (Å²) in [6.07, 6.45) is 3.95. The molecule has 0 unspecified atom stereocenters. The summed E-state index contributed by atoms with van der Waals surface area (Å²) in [5.41, 5.74) is 0.368. The van der Waals surface area contributed by atoms with Crippen molar-refractivity contribution in [3.05, 3.63) is 30.1 Å². The Morgan fingerprint density at radius 1 is 1.37 bits per heavy atom. The Morgan fingerprint density at radius 2 is 2.11 bits per heavy atom. The highest BCUT2D eigenvalue weighted by molar-refractivity contribution is 5.79. The maximum absolute atomic E-state index is 12.5. The Bertz CT molecular complexity index is 703. The summed E-state index contributed by atoms with van der Waals surface area (Å²) in [6.45, 7) is 1.83. The second kappa shape index (κ2) is 7.91. The SMILES string of the molecule is CN(CC(=O)N1CCC2(CC1)CN(CC(=O)O)C(=O)O2)Cc1cccnc1. The third-order valence-electron chi connectivity index (χ3n) is 4.97. The first-order chi connectivity index (χ1) is 12.9. The van der Waals surface area contributed by atoms with Crippen LogP contribution in [0.5, 0.6) is 0 Å². The number of ether oxygens (including phenoxy) is 1. The molecule has 2 amide bonds. The van der Waals surface area contributed by atoms with E-state index in [1.165, 1.54) is 4.90 Å². The van der Waals surface area contributed by atoms with Crippen LogP contribution in [0.3, 0.4) is 0 Å². The summed E-state index contributed by atoms with van der Waals surface area (Å²) in [4.78, 5) is 44.2. The molecular formula is C18H24N4O5. The van der Waals surface area contributed by atoms with Crippen molar-refractivity contribution in [1.29, 1.82) is 0 Å². The highest BCUT2D eigenvalue weighted by atomic mass is 16.6. The van der Waals surface area contributed by atoms with Crippen LogP contribution in [0.4, 0.5) is 4.79 Å². The number of pyridine rings is 1. The van der Waals surface area contributed by atoms with Gasteiger partial charge in [-0.3, -0.25) is 24.4 Å². The first-order valence-corrected chi connectivity index (χ1v) is 8.92. The van der Waals surface area contributed by atoms with E-state index in [0.29, 0.717) is 39.0 Å². The fourth-order valence-corrected chi connectivity index (χ4v) is 3.59. The van der Waals surface area contributed by atoms with Crippen LogP contribution in [0.2, 0.25) is 0 Å². The van der Waals surface area contributed by atoms with Crippen LogP contribution >= 0.6 is 0 Å². The number of carboxylic acids is 1. The van der Waals surface area contributed by atoms with E-state index in [1.54, 1.807) is 17.3 Å². The molecule has 9 nitrogen and oxygen atoms in total. The third kappa shape index (κ3) is 4.73. The predicted octanol–water partition coefficient (Wildman–Crippen LogP) is 0.411. The lowest BCUT2D eigenvalue weighted by atomic mass is 9.91. The van der Waals surface area contributed by atoms with Crippen molar-refractivity contribution >= 4 is 18.0 Å². The highest BCUT2D eigenvalue weighted by Gasteiger charge is 2.47. The molecule has 0 bridgehead atoms. The van der Waals surface area contributed by atoms with Crippen LogP contribution < -0.4 is 0 Å². The Morgan fingerprint density at radius 3 is 2.74 bits per heavy atom. The van der Waals surface area contributed by atoms with E-state index < -0.39 is 17.7 Å².